The molecule has 0 aromatic heterocycles. The summed E-state index contributed by atoms with van der Waals surface area (Å²) in [6.07, 6.45) is 10.8. The average Bonchev–Trinajstić information content (AvgIpc) is 2.58. The minimum Gasteiger partial charge on any atom is -0.481 e. The number of carbonyl (C=O) groups is 3. The summed E-state index contributed by atoms with van der Waals surface area (Å²) >= 11 is 0. The summed E-state index contributed by atoms with van der Waals surface area (Å²) in [4.78, 5) is 38.2. The first-order chi connectivity index (χ1) is 11.9. The van der Waals surface area contributed by atoms with Crippen LogP contribution in [-0.2, 0) is 14.4 Å². The van der Waals surface area contributed by atoms with Crippen LogP contribution in [0.2, 0.25) is 0 Å². The van der Waals surface area contributed by atoms with Gasteiger partial charge in [0.2, 0.25) is 6.41 Å². The molecule has 2 rings (SSSR count). The molecule has 6 nitrogen and oxygen atoms in total. The van der Waals surface area contributed by atoms with Gasteiger partial charge in [0, 0.05) is 38.8 Å². The lowest BCUT2D eigenvalue weighted by Gasteiger charge is -2.47. The van der Waals surface area contributed by atoms with Crippen LogP contribution in [0.25, 0.3) is 0 Å². The van der Waals surface area contributed by atoms with Crippen molar-refractivity contribution in [3.05, 3.63) is 12.3 Å². The maximum atomic E-state index is 12.5. The molecule has 25 heavy (non-hydrogen) atoms. The fraction of sp³-hybridized carbons (Fsp3) is 0.737. The van der Waals surface area contributed by atoms with Gasteiger partial charge in [-0.1, -0.05) is 19.3 Å². The highest BCUT2D eigenvalue weighted by Crippen LogP contribution is 2.46. The summed E-state index contributed by atoms with van der Waals surface area (Å²) in [5, 5.41) is 8.98. The van der Waals surface area contributed by atoms with Gasteiger partial charge in [0.05, 0.1) is 0 Å². The number of hydrogen-bond acceptors (Lipinski definition) is 4. The van der Waals surface area contributed by atoms with Crippen LogP contribution in [0.15, 0.2) is 12.3 Å². The van der Waals surface area contributed by atoms with E-state index in [1.807, 2.05) is 14.1 Å². The fourth-order valence-electron chi connectivity index (χ4n) is 4.70. The Morgan fingerprint density at radius 3 is 2.40 bits per heavy atom. The van der Waals surface area contributed by atoms with Crippen LogP contribution < -0.4 is 0 Å². The molecule has 140 valence electrons. The molecule has 2 fully saturated rings. The van der Waals surface area contributed by atoms with Gasteiger partial charge in [-0.2, -0.15) is 0 Å². The monoisotopic (exact) mass is 350 g/mol. The zero-order valence-corrected chi connectivity index (χ0v) is 15.3. The molecule has 0 aromatic carbocycles. The summed E-state index contributed by atoms with van der Waals surface area (Å²) in [7, 11) is 3.67. The van der Waals surface area contributed by atoms with E-state index in [1.54, 1.807) is 11.1 Å². The van der Waals surface area contributed by atoms with Crippen molar-refractivity contribution in [2.24, 2.45) is 17.8 Å². The van der Waals surface area contributed by atoms with Gasteiger partial charge in [0.1, 0.15) is 0 Å². The van der Waals surface area contributed by atoms with Crippen LogP contribution >= 0.6 is 0 Å². The van der Waals surface area contributed by atoms with E-state index in [0.717, 1.165) is 38.5 Å². The van der Waals surface area contributed by atoms with Crippen LogP contribution in [0.1, 0.15) is 51.4 Å². The molecule has 2 aliphatic carbocycles. The van der Waals surface area contributed by atoms with Gasteiger partial charge in [-0.25, -0.2) is 0 Å². The number of aliphatic carboxylic acids is 1. The van der Waals surface area contributed by atoms with Crippen molar-refractivity contribution < 1.29 is 19.5 Å². The molecule has 0 aliphatic heterocycles. The third-order valence-corrected chi connectivity index (χ3v) is 5.77. The molecule has 0 aromatic rings. The van der Waals surface area contributed by atoms with Crippen molar-refractivity contribution >= 4 is 18.3 Å². The van der Waals surface area contributed by atoms with E-state index in [1.165, 1.54) is 11.0 Å². The van der Waals surface area contributed by atoms with Gasteiger partial charge in [0.15, 0.2) is 0 Å². The summed E-state index contributed by atoms with van der Waals surface area (Å²) in [6, 6.07) is -0.0526. The number of nitrogens with zero attached hydrogens (tertiary/aromatic N) is 2. The Labute approximate surface area is 149 Å². The molecular formula is C19H30N2O4. The predicted octanol–water partition coefficient (Wildman–Crippen LogP) is 2.50. The Morgan fingerprint density at radius 2 is 1.76 bits per heavy atom. The zero-order valence-electron chi connectivity index (χ0n) is 15.3. The average molecular weight is 350 g/mol. The molecule has 6 heteroatoms. The minimum atomic E-state index is -0.743. The summed E-state index contributed by atoms with van der Waals surface area (Å²) in [5.41, 5.74) is 0. The fourth-order valence-corrected chi connectivity index (χ4v) is 4.70. The largest absolute Gasteiger partial charge is 0.481 e. The second-order valence-corrected chi connectivity index (χ2v) is 7.58. The van der Waals surface area contributed by atoms with Crippen molar-refractivity contribution in [3.63, 3.8) is 0 Å². The Morgan fingerprint density at radius 1 is 1.08 bits per heavy atom. The topological polar surface area (TPSA) is 77.9 Å². The number of carboxylic acid groups (broad SMARTS) is 1. The van der Waals surface area contributed by atoms with Gasteiger partial charge in [0.25, 0.3) is 5.91 Å². The highest BCUT2D eigenvalue weighted by molar-refractivity contribution is 5.94. The predicted molar refractivity (Wildman–Crippen MR) is 94.6 cm³/mol. The molecule has 1 N–H and O–H groups in total. The summed E-state index contributed by atoms with van der Waals surface area (Å²) in [6.45, 7) is 0. The molecule has 0 radical (unpaired) electrons. The van der Waals surface area contributed by atoms with Crippen LogP contribution in [0.3, 0.4) is 0 Å². The molecule has 2 saturated carbocycles. The van der Waals surface area contributed by atoms with Gasteiger partial charge in [-0.15, -0.1) is 0 Å². The zero-order chi connectivity index (χ0) is 18.4. The maximum Gasteiger partial charge on any atom is 0.303 e. The standard InChI is InChI=1S/C19H30N2O4/c1-20(2)12-11-18(23)21(13-22)17-8-4-6-15-14(9-10-19(24)25)5-3-7-16(15)17/h11-17H,3-10H2,1-2H3,(H,24,25)/b12-11-. The third kappa shape index (κ3) is 5.06. The summed E-state index contributed by atoms with van der Waals surface area (Å²) < 4.78 is 0. The number of carboxylic acids is 1. The van der Waals surface area contributed by atoms with Crippen LogP contribution in [0.4, 0.5) is 0 Å². The van der Waals surface area contributed by atoms with E-state index in [2.05, 4.69) is 0 Å². The third-order valence-electron chi connectivity index (χ3n) is 5.77. The number of fused-ring (bicyclic) bond motifs is 1. The Kier molecular flexibility index (Phi) is 7.02. The quantitative estimate of drug-likeness (QED) is 0.564. The van der Waals surface area contributed by atoms with E-state index < -0.39 is 5.97 Å². The first kappa shape index (κ1) is 19.5. The number of hydrogen-bond donors (Lipinski definition) is 1. The van der Waals surface area contributed by atoms with Crippen molar-refractivity contribution in [2.75, 3.05) is 14.1 Å². The van der Waals surface area contributed by atoms with Crippen molar-refractivity contribution in [1.82, 2.24) is 9.80 Å². The highest BCUT2D eigenvalue weighted by Gasteiger charge is 2.42. The smallest absolute Gasteiger partial charge is 0.303 e. The van der Waals surface area contributed by atoms with Crippen molar-refractivity contribution in [3.8, 4) is 0 Å². The molecule has 2 amide bonds. The lowest BCUT2D eigenvalue weighted by Crippen LogP contribution is -2.50. The number of carbonyl (C=O) groups excluding carboxylic acids is 2. The SMILES string of the molecule is CN(C)/C=C\C(=O)N(C=O)C1CCCC2C(CCC(=O)O)CCCC21. The van der Waals surface area contributed by atoms with E-state index in [9.17, 15) is 14.4 Å². The van der Waals surface area contributed by atoms with Crippen LogP contribution in [0.5, 0.6) is 0 Å². The van der Waals surface area contributed by atoms with Crippen molar-refractivity contribution in [1.29, 1.82) is 0 Å². The maximum absolute atomic E-state index is 12.5. The van der Waals surface area contributed by atoms with E-state index in [4.69, 9.17) is 5.11 Å². The minimum absolute atomic E-state index is 0.0526. The lowest BCUT2D eigenvalue weighted by molar-refractivity contribution is -0.141. The van der Waals surface area contributed by atoms with E-state index >= 15 is 0 Å². The molecule has 0 bridgehead atoms. The normalized spacial score (nSPS) is 29.0. The number of imide groups is 1. The molecule has 0 heterocycles. The lowest BCUT2D eigenvalue weighted by atomic mass is 9.62. The van der Waals surface area contributed by atoms with Crippen LogP contribution in [-0.4, -0.2) is 53.3 Å². The second-order valence-electron chi connectivity index (χ2n) is 7.58. The van der Waals surface area contributed by atoms with Gasteiger partial charge < -0.3 is 10.0 Å². The number of amides is 2. The molecule has 2 aliphatic rings. The van der Waals surface area contributed by atoms with Crippen molar-refractivity contribution in [2.45, 2.75) is 57.4 Å². The van der Waals surface area contributed by atoms with Gasteiger partial charge >= 0.3 is 5.97 Å². The molecular weight excluding hydrogens is 320 g/mol. The molecule has 0 saturated heterocycles. The second kappa shape index (κ2) is 9.02. The first-order valence-corrected chi connectivity index (χ1v) is 9.28. The Hall–Kier alpha value is -1.85. The Balaban J connectivity index is 2.11. The van der Waals surface area contributed by atoms with Crippen LogP contribution in [0, 0.1) is 17.8 Å². The summed E-state index contributed by atoms with van der Waals surface area (Å²) in [5.74, 6) is 0.136. The Bertz CT molecular complexity index is 518. The molecule has 0 spiro atoms. The molecule has 4 unspecified atom stereocenters. The van der Waals surface area contributed by atoms with E-state index in [-0.39, 0.29) is 18.4 Å². The van der Waals surface area contributed by atoms with Gasteiger partial charge in [-0.3, -0.25) is 19.3 Å². The highest BCUT2D eigenvalue weighted by atomic mass is 16.4. The van der Waals surface area contributed by atoms with Gasteiger partial charge in [-0.05, 0) is 43.4 Å². The number of rotatable bonds is 7. The molecule has 4 atom stereocenters. The first-order valence-electron chi connectivity index (χ1n) is 9.28. The van der Waals surface area contributed by atoms with E-state index in [0.29, 0.717) is 30.6 Å².